The number of aryl methyl sites for hydroxylation is 1. The zero-order valence-electron chi connectivity index (χ0n) is 16.8. The summed E-state index contributed by atoms with van der Waals surface area (Å²) < 4.78 is 28.2. The Balaban J connectivity index is 1.62. The minimum absolute atomic E-state index is 0.184. The topological polar surface area (TPSA) is 66.5 Å². The van der Waals surface area contributed by atoms with Crippen molar-refractivity contribution in [2.75, 3.05) is 10.8 Å². The number of fused-ring (bicyclic) bond motifs is 2. The molecule has 4 rings (SSSR count). The lowest BCUT2D eigenvalue weighted by molar-refractivity contribution is -0.120. The Morgan fingerprint density at radius 3 is 2.41 bits per heavy atom. The molecule has 2 saturated carbocycles. The quantitative estimate of drug-likeness (QED) is 0.753. The summed E-state index contributed by atoms with van der Waals surface area (Å²) >= 11 is 0. The highest BCUT2D eigenvalue weighted by Crippen LogP contribution is 2.44. The van der Waals surface area contributed by atoms with E-state index in [-0.39, 0.29) is 23.4 Å². The maximum Gasteiger partial charge on any atom is 0.264 e. The summed E-state index contributed by atoms with van der Waals surface area (Å²) in [6, 6.07) is 15.9. The van der Waals surface area contributed by atoms with Gasteiger partial charge in [0.1, 0.15) is 6.54 Å². The van der Waals surface area contributed by atoms with Crippen molar-refractivity contribution in [2.45, 2.75) is 50.0 Å². The van der Waals surface area contributed by atoms with E-state index in [9.17, 15) is 13.2 Å². The first-order chi connectivity index (χ1) is 14.0. The number of sulfonamides is 1. The maximum absolute atomic E-state index is 13.4. The van der Waals surface area contributed by atoms with Crippen molar-refractivity contribution in [1.82, 2.24) is 5.32 Å². The highest BCUT2D eigenvalue weighted by Gasteiger charge is 2.40. The van der Waals surface area contributed by atoms with Crippen LogP contribution in [0.5, 0.6) is 0 Å². The van der Waals surface area contributed by atoms with Gasteiger partial charge in [-0.2, -0.15) is 0 Å². The van der Waals surface area contributed by atoms with Gasteiger partial charge in [-0.3, -0.25) is 9.10 Å². The van der Waals surface area contributed by atoms with Gasteiger partial charge in [0.05, 0.1) is 10.6 Å². The van der Waals surface area contributed by atoms with Gasteiger partial charge in [0.2, 0.25) is 5.91 Å². The number of benzene rings is 2. The second-order valence-corrected chi connectivity index (χ2v) is 10.0. The molecule has 1 amide bonds. The van der Waals surface area contributed by atoms with Crippen LogP contribution in [0.4, 0.5) is 5.69 Å². The second kappa shape index (κ2) is 8.19. The molecule has 2 bridgehead atoms. The predicted molar refractivity (Wildman–Crippen MR) is 114 cm³/mol. The number of carbonyl (C=O) groups excluding carboxylic acids is 1. The van der Waals surface area contributed by atoms with Crippen molar-refractivity contribution in [1.29, 1.82) is 0 Å². The highest BCUT2D eigenvalue weighted by atomic mass is 32.2. The third-order valence-electron chi connectivity index (χ3n) is 6.34. The Kier molecular flexibility index (Phi) is 5.63. The van der Waals surface area contributed by atoms with E-state index >= 15 is 0 Å². The van der Waals surface area contributed by atoms with E-state index in [4.69, 9.17) is 0 Å². The van der Waals surface area contributed by atoms with Gasteiger partial charge in [-0.15, -0.1) is 0 Å². The van der Waals surface area contributed by atoms with E-state index < -0.39 is 10.0 Å². The Morgan fingerprint density at radius 1 is 1.03 bits per heavy atom. The smallest absolute Gasteiger partial charge is 0.264 e. The first-order valence-corrected chi connectivity index (χ1v) is 11.9. The zero-order valence-corrected chi connectivity index (χ0v) is 17.6. The molecule has 0 heterocycles. The standard InChI is InChI=1S/C23H28N2O3S/c1-2-18-8-6-7-11-22(18)25(29(27,28)20-9-4-3-5-10-20)16-23(26)24-21-15-17-12-13-19(21)14-17/h3-11,17,19,21H,2,12-16H2,1H3,(H,24,26)/t17-,19+,21+/m0/s1. The van der Waals surface area contributed by atoms with Gasteiger partial charge >= 0.3 is 0 Å². The van der Waals surface area contributed by atoms with E-state index in [1.165, 1.54) is 23.6 Å². The molecule has 3 atom stereocenters. The summed E-state index contributed by atoms with van der Waals surface area (Å²) in [4.78, 5) is 13.1. The molecule has 0 aliphatic heterocycles. The zero-order chi connectivity index (χ0) is 20.4. The van der Waals surface area contributed by atoms with E-state index in [2.05, 4.69) is 5.32 Å². The van der Waals surface area contributed by atoms with Crippen LogP contribution in [-0.2, 0) is 21.2 Å². The molecule has 0 aromatic heterocycles. The molecule has 0 radical (unpaired) electrons. The number of nitrogens with one attached hydrogen (secondary N) is 1. The monoisotopic (exact) mass is 412 g/mol. The van der Waals surface area contributed by atoms with Crippen molar-refractivity contribution >= 4 is 21.6 Å². The fourth-order valence-corrected chi connectivity index (χ4v) is 6.36. The average molecular weight is 413 g/mol. The highest BCUT2D eigenvalue weighted by molar-refractivity contribution is 7.92. The van der Waals surface area contributed by atoms with E-state index in [0.717, 1.165) is 17.9 Å². The largest absolute Gasteiger partial charge is 0.352 e. The normalized spacial score (nSPS) is 23.1. The Morgan fingerprint density at radius 2 is 1.76 bits per heavy atom. The summed E-state index contributed by atoms with van der Waals surface area (Å²) in [5.74, 6) is 1.04. The molecule has 0 unspecified atom stereocenters. The lowest BCUT2D eigenvalue weighted by atomic mass is 9.95. The van der Waals surface area contributed by atoms with Crippen molar-refractivity contribution in [2.24, 2.45) is 11.8 Å². The van der Waals surface area contributed by atoms with Crippen LogP contribution in [-0.4, -0.2) is 26.9 Å². The summed E-state index contributed by atoms with van der Waals surface area (Å²) in [6.07, 6.45) is 5.32. The third-order valence-corrected chi connectivity index (χ3v) is 8.12. The van der Waals surface area contributed by atoms with Crippen LogP contribution in [0.25, 0.3) is 0 Å². The lowest BCUT2D eigenvalue weighted by Crippen LogP contribution is -2.46. The molecule has 2 aromatic carbocycles. The molecular formula is C23H28N2O3S. The molecule has 2 aliphatic rings. The van der Waals surface area contributed by atoms with Crippen LogP contribution in [0.2, 0.25) is 0 Å². The molecule has 1 N–H and O–H groups in total. The van der Waals surface area contributed by atoms with Crippen molar-refractivity contribution < 1.29 is 13.2 Å². The van der Waals surface area contributed by atoms with Crippen molar-refractivity contribution in [3.63, 3.8) is 0 Å². The van der Waals surface area contributed by atoms with Gasteiger partial charge in [0, 0.05) is 6.04 Å². The van der Waals surface area contributed by atoms with Gasteiger partial charge in [-0.1, -0.05) is 49.7 Å². The summed E-state index contributed by atoms with van der Waals surface area (Å²) in [5, 5.41) is 3.13. The number of hydrogen-bond donors (Lipinski definition) is 1. The minimum atomic E-state index is -3.85. The number of anilines is 1. The molecule has 2 fully saturated rings. The van der Waals surface area contributed by atoms with Crippen LogP contribution < -0.4 is 9.62 Å². The molecule has 2 aromatic rings. The molecule has 5 nitrogen and oxygen atoms in total. The first-order valence-electron chi connectivity index (χ1n) is 10.4. The number of para-hydroxylation sites is 1. The maximum atomic E-state index is 13.4. The van der Waals surface area contributed by atoms with E-state index in [0.29, 0.717) is 18.0 Å². The second-order valence-electron chi connectivity index (χ2n) is 8.16. The predicted octanol–water partition coefficient (Wildman–Crippen LogP) is 3.75. The lowest BCUT2D eigenvalue weighted by Gasteiger charge is -2.28. The molecule has 154 valence electrons. The number of nitrogens with zero attached hydrogens (tertiary/aromatic N) is 1. The fraction of sp³-hybridized carbons (Fsp3) is 0.435. The number of hydrogen-bond acceptors (Lipinski definition) is 3. The summed E-state index contributed by atoms with van der Waals surface area (Å²) in [7, 11) is -3.85. The molecule has 0 spiro atoms. The van der Waals surface area contributed by atoms with Crippen molar-refractivity contribution in [3.8, 4) is 0 Å². The Hall–Kier alpha value is -2.34. The van der Waals surface area contributed by atoms with Crippen molar-refractivity contribution in [3.05, 3.63) is 60.2 Å². The molecule has 2 aliphatic carbocycles. The molecule has 29 heavy (non-hydrogen) atoms. The fourth-order valence-electron chi connectivity index (χ4n) is 4.88. The van der Waals surface area contributed by atoms with Crippen LogP contribution in [0.15, 0.2) is 59.5 Å². The van der Waals surface area contributed by atoms with E-state index in [1.807, 2.05) is 25.1 Å². The molecular weight excluding hydrogens is 384 g/mol. The van der Waals surface area contributed by atoms with Crippen LogP contribution in [0.3, 0.4) is 0 Å². The Bertz CT molecular complexity index is 975. The van der Waals surface area contributed by atoms with Gasteiger partial charge in [-0.25, -0.2) is 8.42 Å². The molecule has 0 saturated heterocycles. The number of amides is 1. The summed E-state index contributed by atoms with van der Waals surface area (Å²) in [5.41, 5.74) is 1.47. The molecule has 6 heteroatoms. The minimum Gasteiger partial charge on any atom is -0.352 e. The van der Waals surface area contributed by atoms with Crippen LogP contribution in [0.1, 0.15) is 38.2 Å². The Labute approximate surface area is 173 Å². The van der Waals surface area contributed by atoms with Gasteiger partial charge < -0.3 is 5.32 Å². The SMILES string of the molecule is CCc1ccccc1N(CC(=O)N[C@@H]1C[C@H]2CC[C@@H]1C2)S(=O)(=O)c1ccccc1. The van der Waals surface area contributed by atoms with E-state index in [1.54, 1.807) is 36.4 Å². The number of carbonyl (C=O) groups is 1. The van der Waals surface area contributed by atoms with Crippen LogP contribution >= 0.6 is 0 Å². The van der Waals surface area contributed by atoms with Gasteiger partial charge in [0.25, 0.3) is 10.0 Å². The first kappa shape index (κ1) is 20.0. The van der Waals surface area contributed by atoms with Gasteiger partial charge in [0.15, 0.2) is 0 Å². The third kappa shape index (κ3) is 4.04. The van der Waals surface area contributed by atoms with Gasteiger partial charge in [-0.05, 0) is 61.3 Å². The average Bonchev–Trinajstić information content (AvgIpc) is 3.36. The van der Waals surface area contributed by atoms with Crippen LogP contribution in [0, 0.1) is 11.8 Å². The number of rotatable bonds is 7. The summed E-state index contributed by atoms with van der Waals surface area (Å²) in [6.45, 7) is 1.78.